The predicted octanol–water partition coefficient (Wildman–Crippen LogP) is 2.28. The number of rotatable bonds is 7. The molecule has 24 heavy (non-hydrogen) atoms. The third-order valence-electron chi connectivity index (χ3n) is 3.64. The van der Waals surface area contributed by atoms with Gasteiger partial charge in [-0.25, -0.2) is 0 Å². The zero-order valence-electron chi connectivity index (χ0n) is 14.0. The molecule has 6 nitrogen and oxygen atoms in total. The molecular weight excluding hydrogens is 304 g/mol. The van der Waals surface area contributed by atoms with Gasteiger partial charge in [-0.3, -0.25) is 19.6 Å². The Morgan fingerprint density at radius 3 is 2.62 bits per heavy atom. The predicted molar refractivity (Wildman–Crippen MR) is 91.5 cm³/mol. The van der Waals surface area contributed by atoms with E-state index in [1.807, 2.05) is 12.1 Å². The second-order valence-electron chi connectivity index (χ2n) is 5.55. The van der Waals surface area contributed by atoms with E-state index in [1.54, 1.807) is 30.4 Å². The third kappa shape index (κ3) is 4.87. The molecule has 2 heterocycles. The highest BCUT2D eigenvalue weighted by atomic mass is 16.2. The quantitative estimate of drug-likeness (QED) is 0.847. The maximum absolute atomic E-state index is 12.3. The Hall–Kier alpha value is -2.76. The molecule has 0 atom stereocenters. The Labute approximate surface area is 141 Å². The van der Waals surface area contributed by atoms with Crippen molar-refractivity contribution in [3.05, 3.63) is 59.7 Å². The van der Waals surface area contributed by atoms with Crippen molar-refractivity contribution >= 4 is 11.8 Å². The lowest BCUT2D eigenvalue weighted by Gasteiger charge is -2.16. The largest absolute Gasteiger partial charge is 0.348 e. The molecule has 0 bridgehead atoms. The standard InChI is InChI=1S/C18H22N4O2/c1-3-4-11-22(2)18(24)16-12-15(7-10-20-16)17(23)21-13-14-5-8-19-9-6-14/h5-10,12H,3-4,11,13H2,1-2H3,(H,21,23). The lowest BCUT2D eigenvalue weighted by Crippen LogP contribution is -2.29. The van der Waals surface area contributed by atoms with E-state index in [4.69, 9.17) is 0 Å². The highest BCUT2D eigenvalue weighted by Gasteiger charge is 2.15. The number of nitrogens with one attached hydrogen (secondary N) is 1. The summed E-state index contributed by atoms with van der Waals surface area (Å²) in [6.07, 6.45) is 6.80. The van der Waals surface area contributed by atoms with E-state index < -0.39 is 0 Å². The smallest absolute Gasteiger partial charge is 0.272 e. The topological polar surface area (TPSA) is 75.2 Å². The van der Waals surface area contributed by atoms with Gasteiger partial charge in [-0.1, -0.05) is 13.3 Å². The number of nitrogens with zero attached hydrogens (tertiary/aromatic N) is 3. The third-order valence-corrected chi connectivity index (χ3v) is 3.64. The van der Waals surface area contributed by atoms with Crippen LogP contribution >= 0.6 is 0 Å². The van der Waals surface area contributed by atoms with Crippen LogP contribution in [0.1, 0.15) is 46.2 Å². The molecule has 0 saturated carbocycles. The summed E-state index contributed by atoms with van der Waals surface area (Å²) in [5.41, 5.74) is 1.67. The minimum Gasteiger partial charge on any atom is -0.348 e. The number of aromatic nitrogens is 2. The van der Waals surface area contributed by atoms with E-state index in [1.165, 1.54) is 12.3 Å². The highest BCUT2D eigenvalue weighted by molar-refractivity contribution is 5.98. The average molecular weight is 326 g/mol. The molecule has 0 saturated heterocycles. The van der Waals surface area contributed by atoms with Crippen LogP contribution in [0.4, 0.5) is 0 Å². The lowest BCUT2D eigenvalue weighted by molar-refractivity contribution is 0.0787. The van der Waals surface area contributed by atoms with E-state index in [9.17, 15) is 9.59 Å². The summed E-state index contributed by atoms with van der Waals surface area (Å²) in [6.45, 7) is 3.16. The van der Waals surface area contributed by atoms with Crippen molar-refractivity contribution in [1.82, 2.24) is 20.2 Å². The van der Waals surface area contributed by atoms with Crippen molar-refractivity contribution in [3.63, 3.8) is 0 Å². The molecule has 0 radical (unpaired) electrons. The molecule has 2 rings (SSSR count). The van der Waals surface area contributed by atoms with Crippen molar-refractivity contribution in [2.75, 3.05) is 13.6 Å². The van der Waals surface area contributed by atoms with Gasteiger partial charge in [0.25, 0.3) is 11.8 Å². The molecule has 0 unspecified atom stereocenters. The summed E-state index contributed by atoms with van der Waals surface area (Å²) in [6, 6.07) is 6.81. The molecule has 2 amide bonds. The van der Waals surface area contributed by atoms with Crippen LogP contribution in [0, 0.1) is 0 Å². The fraction of sp³-hybridized carbons (Fsp3) is 0.333. The van der Waals surface area contributed by atoms with Gasteiger partial charge in [-0.2, -0.15) is 0 Å². The van der Waals surface area contributed by atoms with Crippen LogP contribution in [0.15, 0.2) is 42.9 Å². The van der Waals surface area contributed by atoms with Crippen LogP contribution in [0.3, 0.4) is 0 Å². The van der Waals surface area contributed by atoms with E-state index in [2.05, 4.69) is 22.2 Å². The van der Waals surface area contributed by atoms with Crippen molar-refractivity contribution in [2.24, 2.45) is 0 Å². The number of hydrogen-bond acceptors (Lipinski definition) is 4. The summed E-state index contributed by atoms with van der Waals surface area (Å²) < 4.78 is 0. The number of amides is 2. The van der Waals surface area contributed by atoms with Gasteiger partial charge in [0, 0.05) is 44.3 Å². The van der Waals surface area contributed by atoms with E-state index in [0.29, 0.717) is 18.7 Å². The Morgan fingerprint density at radius 2 is 1.92 bits per heavy atom. The minimum atomic E-state index is -0.237. The second kappa shape index (κ2) is 8.76. The Balaban J connectivity index is 2.01. The van der Waals surface area contributed by atoms with Gasteiger partial charge in [0.2, 0.25) is 0 Å². The maximum Gasteiger partial charge on any atom is 0.272 e. The molecular formula is C18H22N4O2. The zero-order chi connectivity index (χ0) is 17.4. The lowest BCUT2D eigenvalue weighted by atomic mass is 10.2. The molecule has 0 aliphatic carbocycles. The van der Waals surface area contributed by atoms with Gasteiger partial charge in [0.1, 0.15) is 5.69 Å². The fourth-order valence-corrected chi connectivity index (χ4v) is 2.17. The Kier molecular flexibility index (Phi) is 6.42. The van der Waals surface area contributed by atoms with Crippen LogP contribution in [-0.4, -0.2) is 40.3 Å². The molecule has 126 valence electrons. The maximum atomic E-state index is 12.3. The summed E-state index contributed by atoms with van der Waals surface area (Å²) >= 11 is 0. The fourth-order valence-electron chi connectivity index (χ4n) is 2.17. The van der Waals surface area contributed by atoms with Crippen molar-refractivity contribution < 1.29 is 9.59 Å². The molecule has 6 heteroatoms. The Morgan fingerprint density at radius 1 is 1.17 bits per heavy atom. The second-order valence-corrected chi connectivity index (χ2v) is 5.55. The monoisotopic (exact) mass is 326 g/mol. The normalized spacial score (nSPS) is 10.2. The van der Waals surface area contributed by atoms with Crippen molar-refractivity contribution in [1.29, 1.82) is 0 Å². The molecule has 0 aliphatic rings. The zero-order valence-corrected chi connectivity index (χ0v) is 14.0. The van der Waals surface area contributed by atoms with Crippen molar-refractivity contribution in [3.8, 4) is 0 Å². The van der Waals surface area contributed by atoms with Crippen LogP contribution in [0.5, 0.6) is 0 Å². The van der Waals surface area contributed by atoms with E-state index in [-0.39, 0.29) is 17.5 Å². The van der Waals surface area contributed by atoms with Gasteiger partial charge in [0.15, 0.2) is 0 Å². The van der Waals surface area contributed by atoms with E-state index >= 15 is 0 Å². The first-order chi connectivity index (χ1) is 11.6. The van der Waals surface area contributed by atoms with Gasteiger partial charge in [0.05, 0.1) is 0 Å². The number of unbranched alkanes of at least 4 members (excludes halogenated alkanes) is 1. The first-order valence-electron chi connectivity index (χ1n) is 8.00. The molecule has 2 aromatic rings. The molecule has 0 spiro atoms. The number of hydrogen-bond donors (Lipinski definition) is 1. The summed E-state index contributed by atoms with van der Waals surface area (Å²) in [4.78, 5) is 34.2. The number of pyridine rings is 2. The van der Waals surface area contributed by atoms with Gasteiger partial charge in [-0.15, -0.1) is 0 Å². The van der Waals surface area contributed by atoms with Crippen LogP contribution in [0.2, 0.25) is 0 Å². The first-order valence-corrected chi connectivity index (χ1v) is 8.00. The summed E-state index contributed by atoms with van der Waals surface area (Å²) in [5.74, 6) is -0.410. The van der Waals surface area contributed by atoms with Gasteiger partial charge >= 0.3 is 0 Å². The molecule has 0 aromatic carbocycles. The average Bonchev–Trinajstić information content (AvgIpc) is 2.64. The van der Waals surface area contributed by atoms with Crippen LogP contribution < -0.4 is 5.32 Å². The minimum absolute atomic E-state index is 0.174. The van der Waals surface area contributed by atoms with Crippen LogP contribution in [0.25, 0.3) is 0 Å². The molecule has 0 fully saturated rings. The first kappa shape index (κ1) is 17.6. The summed E-state index contributed by atoms with van der Waals surface area (Å²) in [7, 11) is 1.75. The SMILES string of the molecule is CCCCN(C)C(=O)c1cc(C(=O)NCc2ccncc2)ccn1. The number of carbonyl (C=O) groups is 2. The molecule has 2 aromatic heterocycles. The molecule has 0 aliphatic heterocycles. The van der Waals surface area contributed by atoms with Crippen molar-refractivity contribution in [2.45, 2.75) is 26.3 Å². The van der Waals surface area contributed by atoms with E-state index in [0.717, 1.165) is 18.4 Å². The van der Waals surface area contributed by atoms with Gasteiger partial charge < -0.3 is 10.2 Å². The van der Waals surface area contributed by atoms with Crippen LogP contribution in [-0.2, 0) is 6.54 Å². The highest BCUT2D eigenvalue weighted by Crippen LogP contribution is 2.06. The Bertz CT molecular complexity index is 688. The summed E-state index contributed by atoms with van der Waals surface area (Å²) in [5, 5.41) is 2.83. The molecule has 1 N–H and O–H groups in total. The number of carbonyl (C=O) groups excluding carboxylic acids is 2. The van der Waals surface area contributed by atoms with Gasteiger partial charge in [-0.05, 0) is 36.2 Å².